The molecule has 8 heteroatoms. The average Bonchev–Trinajstić information content (AvgIpc) is 2.88. The number of fused-ring (bicyclic) bond motifs is 4. The molecule has 8 nitrogen and oxygen atoms in total. The molecule has 0 spiro atoms. The van der Waals surface area contributed by atoms with Crippen LogP contribution in [0, 0.1) is 5.92 Å². The number of carbonyl (C=O) groups is 1. The summed E-state index contributed by atoms with van der Waals surface area (Å²) in [6.07, 6.45) is 3.37. The van der Waals surface area contributed by atoms with E-state index in [-0.39, 0.29) is 12.0 Å². The van der Waals surface area contributed by atoms with Gasteiger partial charge in [-0.1, -0.05) is 5.21 Å². The zero-order valence-corrected chi connectivity index (χ0v) is 10.9. The molecule has 20 heavy (non-hydrogen) atoms. The molecule has 0 aromatic carbocycles. The number of rotatable bonds is 2. The highest BCUT2D eigenvalue weighted by Crippen LogP contribution is 2.30. The van der Waals surface area contributed by atoms with Crippen LogP contribution < -0.4 is 5.73 Å². The Kier molecular flexibility index (Phi) is 2.46. The number of nitrogen functional groups attached to an aromatic ring is 1. The number of hydrogen-bond donors (Lipinski definition) is 1. The van der Waals surface area contributed by atoms with Crippen molar-refractivity contribution in [3.63, 3.8) is 0 Å². The van der Waals surface area contributed by atoms with Gasteiger partial charge in [-0.3, -0.25) is 9.69 Å². The van der Waals surface area contributed by atoms with Gasteiger partial charge in [0.1, 0.15) is 6.33 Å². The quantitative estimate of drug-likeness (QED) is 0.784. The molecule has 3 aliphatic heterocycles. The second kappa shape index (κ2) is 4.20. The van der Waals surface area contributed by atoms with Crippen LogP contribution in [0.25, 0.3) is 11.2 Å². The van der Waals surface area contributed by atoms with Crippen LogP contribution in [0.15, 0.2) is 6.33 Å². The highest BCUT2D eigenvalue weighted by Gasteiger charge is 2.41. The van der Waals surface area contributed by atoms with Crippen molar-refractivity contribution in [2.24, 2.45) is 5.92 Å². The maximum atomic E-state index is 12.4. The fraction of sp³-hybridized carbons (Fsp3) is 0.583. The summed E-state index contributed by atoms with van der Waals surface area (Å²) in [5, 5.41) is 8.08. The first-order valence-corrected chi connectivity index (χ1v) is 6.81. The van der Waals surface area contributed by atoms with E-state index >= 15 is 0 Å². The van der Waals surface area contributed by atoms with Gasteiger partial charge in [-0.15, -0.1) is 5.10 Å². The van der Waals surface area contributed by atoms with Gasteiger partial charge in [0.15, 0.2) is 22.8 Å². The lowest BCUT2D eigenvalue weighted by Gasteiger charge is -2.43. The summed E-state index contributed by atoms with van der Waals surface area (Å²) in [5.41, 5.74) is 6.83. The van der Waals surface area contributed by atoms with E-state index in [2.05, 4.69) is 25.2 Å². The minimum Gasteiger partial charge on any atom is -0.382 e. The molecule has 2 bridgehead atoms. The van der Waals surface area contributed by atoms with Crippen LogP contribution in [0.1, 0.15) is 12.8 Å². The third-order valence-corrected chi connectivity index (χ3v) is 4.38. The molecule has 0 aliphatic carbocycles. The van der Waals surface area contributed by atoms with E-state index in [9.17, 15) is 4.79 Å². The number of Topliss-reactive ketones (excluding diaryl/α,β-unsaturated/α-hetero) is 1. The molecule has 2 N–H and O–H groups in total. The molecule has 3 saturated heterocycles. The van der Waals surface area contributed by atoms with Gasteiger partial charge < -0.3 is 5.73 Å². The summed E-state index contributed by atoms with van der Waals surface area (Å²) < 4.78 is 1.66. The highest BCUT2D eigenvalue weighted by molar-refractivity contribution is 5.88. The van der Waals surface area contributed by atoms with Gasteiger partial charge in [0.25, 0.3) is 0 Å². The molecule has 5 rings (SSSR count). The van der Waals surface area contributed by atoms with Crippen LogP contribution in [-0.4, -0.2) is 54.8 Å². The predicted molar refractivity (Wildman–Crippen MR) is 70.6 cm³/mol. The molecule has 5 heterocycles. The second-order valence-corrected chi connectivity index (χ2v) is 5.43. The Hall–Kier alpha value is -2.09. The number of nitrogens with two attached hydrogens (primary N) is 1. The molecule has 104 valence electrons. The molecular weight excluding hydrogens is 258 g/mol. The maximum absolute atomic E-state index is 12.4. The second-order valence-electron chi connectivity index (χ2n) is 5.43. The van der Waals surface area contributed by atoms with Crippen LogP contribution in [-0.2, 0) is 11.3 Å². The van der Waals surface area contributed by atoms with Crippen LogP contribution in [0.2, 0.25) is 0 Å². The first-order chi connectivity index (χ1) is 9.74. The van der Waals surface area contributed by atoms with Crippen molar-refractivity contribution >= 4 is 22.8 Å². The fourth-order valence-corrected chi connectivity index (χ4v) is 3.25. The Bertz CT molecular complexity index is 673. The summed E-state index contributed by atoms with van der Waals surface area (Å²) in [4.78, 5) is 22.7. The number of piperidine rings is 3. The molecule has 2 aromatic rings. The standard InChI is InChI=1S/C12H15N7O/c13-11-9-12(15-6-14-11)19(17-16-9)5-8-10(20)7-1-3-18(8)4-2-7/h6-8H,1-5H2,(H2,13,14,15). The van der Waals surface area contributed by atoms with Gasteiger partial charge in [0, 0.05) is 5.92 Å². The minimum absolute atomic E-state index is 0.108. The van der Waals surface area contributed by atoms with E-state index in [1.807, 2.05) is 0 Å². The normalized spacial score (nSPS) is 29.2. The molecule has 0 saturated carbocycles. The molecular formula is C12H15N7O. The number of aromatic nitrogens is 5. The maximum Gasteiger partial charge on any atom is 0.183 e. The Morgan fingerprint density at radius 2 is 2.10 bits per heavy atom. The van der Waals surface area contributed by atoms with Crippen molar-refractivity contribution in [2.45, 2.75) is 25.4 Å². The molecule has 0 radical (unpaired) electrons. The number of nitrogens with zero attached hydrogens (tertiary/aromatic N) is 6. The highest BCUT2D eigenvalue weighted by atomic mass is 16.1. The topological polar surface area (TPSA) is 103 Å². The Morgan fingerprint density at radius 3 is 2.85 bits per heavy atom. The zero-order valence-electron chi connectivity index (χ0n) is 10.9. The van der Waals surface area contributed by atoms with E-state index in [0.29, 0.717) is 29.3 Å². The van der Waals surface area contributed by atoms with Crippen molar-refractivity contribution in [3.05, 3.63) is 6.33 Å². The first kappa shape index (κ1) is 11.7. The van der Waals surface area contributed by atoms with Crippen LogP contribution in [0.3, 0.4) is 0 Å². The fourth-order valence-electron chi connectivity index (χ4n) is 3.25. The summed E-state index contributed by atoms with van der Waals surface area (Å²) >= 11 is 0. The molecule has 2 aromatic heterocycles. The van der Waals surface area contributed by atoms with Gasteiger partial charge in [-0.2, -0.15) is 0 Å². The Morgan fingerprint density at radius 1 is 1.30 bits per heavy atom. The number of hydrogen-bond acceptors (Lipinski definition) is 7. The van der Waals surface area contributed by atoms with Crippen molar-refractivity contribution in [2.75, 3.05) is 18.8 Å². The van der Waals surface area contributed by atoms with Gasteiger partial charge in [0.2, 0.25) is 0 Å². The van der Waals surface area contributed by atoms with E-state index in [0.717, 1.165) is 25.9 Å². The van der Waals surface area contributed by atoms with E-state index in [1.54, 1.807) is 4.68 Å². The van der Waals surface area contributed by atoms with E-state index in [1.165, 1.54) is 6.33 Å². The number of anilines is 1. The lowest BCUT2D eigenvalue weighted by Crippen LogP contribution is -2.56. The summed E-state index contributed by atoms with van der Waals surface area (Å²) in [5.74, 6) is 0.866. The number of carbonyl (C=O) groups excluding carboxylic acids is 1. The molecule has 1 atom stereocenters. The zero-order chi connectivity index (χ0) is 13.7. The molecule has 3 aliphatic rings. The monoisotopic (exact) mass is 273 g/mol. The van der Waals surface area contributed by atoms with E-state index < -0.39 is 0 Å². The lowest BCUT2D eigenvalue weighted by atomic mass is 9.82. The minimum atomic E-state index is -0.108. The predicted octanol–water partition coefficient (Wildman–Crippen LogP) is -0.533. The van der Waals surface area contributed by atoms with Crippen molar-refractivity contribution in [1.29, 1.82) is 0 Å². The largest absolute Gasteiger partial charge is 0.382 e. The third-order valence-electron chi connectivity index (χ3n) is 4.38. The van der Waals surface area contributed by atoms with E-state index in [4.69, 9.17) is 5.73 Å². The summed E-state index contributed by atoms with van der Waals surface area (Å²) in [7, 11) is 0. The Balaban J connectivity index is 1.68. The summed E-state index contributed by atoms with van der Waals surface area (Å²) in [6, 6.07) is -0.108. The SMILES string of the molecule is Nc1ncnc2c1nnn2CC1C(=O)C2CCN1CC2. The molecule has 3 fully saturated rings. The average molecular weight is 273 g/mol. The number of ketones is 1. The van der Waals surface area contributed by atoms with Crippen LogP contribution >= 0.6 is 0 Å². The molecule has 1 unspecified atom stereocenters. The van der Waals surface area contributed by atoms with Gasteiger partial charge >= 0.3 is 0 Å². The van der Waals surface area contributed by atoms with Crippen LogP contribution in [0.4, 0.5) is 5.82 Å². The third kappa shape index (κ3) is 1.61. The van der Waals surface area contributed by atoms with Crippen molar-refractivity contribution < 1.29 is 4.79 Å². The first-order valence-electron chi connectivity index (χ1n) is 6.81. The van der Waals surface area contributed by atoms with Crippen LogP contribution in [0.5, 0.6) is 0 Å². The lowest BCUT2D eigenvalue weighted by molar-refractivity contribution is -0.137. The van der Waals surface area contributed by atoms with Gasteiger partial charge in [0.05, 0.1) is 12.6 Å². The van der Waals surface area contributed by atoms with Gasteiger partial charge in [-0.25, -0.2) is 14.6 Å². The Labute approximate surface area is 115 Å². The summed E-state index contributed by atoms with van der Waals surface area (Å²) in [6.45, 7) is 2.47. The molecule has 0 amide bonds. The van der Waals surface area contributed by atoms with Crippen molar-refractivity contribution in [1.82, 2.24) is 29.9 Å². The van der Waals surface area contributed by atoms with Gasteiger partial charge in [-0.05, 0) is 25.9 Å². The van der Waals surface area contributed by atoms with Crippen molar-refractivity contribution in [3.8, 4) is 0 Å². The smallest absolute Gasteiger partial charge is 0.183 e.